The molecule has 4 rings (SSSR count). The maximum Gasteiger partial charge on any atom is 0.263 e. The third kappa shape index (κ3) is 2.81. The van der Waals surface area contributed by atoms with Gasteiger partial charge in [0.15, 0.2) is 5.11 Å². The van der Waals surface area contributed by atoms with E-state index in [1.54, 1.807) is 17.8 Å². The molecule has 0 bridgehead atoms. The standard InChI is InChI=1S/C18H13N3O2S2/c1-21-12-4-2-3-5-14(12)25-15-9-10(6-7-13(15)21)8-11-16(22)19-18(24)20-17(11)23/h2-9H,1H3,(H2,19,20,22,23,24). The second-order valence-electron chi connectivity index (χ2n) is 5.65. The molecule has 0 spiro atoms. The van der Waals surface area contributed by atoms with Gasteiger partial charge in [-0.1, -0.05) is 30.0 Å². The van der Waals surface area contributed by atoms with Crippen LogP contribution in [0.15, 0.2) is 57.8 Å². The summed E-state index contributed by atoms with van der Waals surface area (Å²) in [6, 6.07) is 14.1. The lowest BCUT2D eigenvalue weighted by Gasteiger charge is -2.29. The Morgan fingerprint density at radius 1 is 1.00 bits per heavy atom. The van der Waals surface area contributed by atoms with Crippen LogP contribution >= 0.6 is 24.0 Å². The number of nitrogens with one attached hydrogen (secondary N) is 2. The molecule has 124 valence electrons. The number of nitrogens with zero attached hydrogens (tertiary/aromatic N) is 1. The molecule has 0 aromatic heterocycles. The Morgan fingerprint density at radius 2 is 1.68 bits per heavy atom. The maximum atomic E-state index is 12.0. The van der Waals surface area contributed by atoms with Crippen molar-refractivity contribution in [3.05, 3.63) is 53.6 Å². The number of hydrogen-bond donors (Lipinski definition) is 2. The van der Waals surface area contributed by atoms with E-state index in [1.165, 1.54) is 4.90 Å². The second kappa shape index (κ2) is 6.02. The lowest BCUT2D eigenvalue weighted by atomic mass is 10.1. The smallest absolute Gasteiger partial charge is 0.263 e. The molecule has 25 heavy (non-hydrogen) atoms. The molecule has 2 aromatic carbocycles. The van der Waals surface area contributed by atoms with Gasteiger partial charge in [-0.3, -0.25) is 20.2 Å². The number of rotatable bonds is 1. The van der Waals surface area contributed by atoms with Crippen molar-refractivity contribution in [2.24, 2.45) is 0 Å². The Morgan fingerprint density at radius 3 is 2.44 bits per heavy atom. The average Bonchev–Trinajstić information content (AvgIpc) is 2.58. The highest BCUT2D eigenvalue weighted by molar-refractivity contribution is 7.99. The number of hydrogen-bond acceptors (Lipinski definition) is 5. The minimum absolute atomic E-state index is 0.0337. The lowest BCUT2D eigenvalue weighted by molar-refractivity contribution is -0.123. The van der Waals surface area contributed by atoms with E-state index in [0.29, 0.717) is 0 Å². The molecule has 2 aromatic rings. The van der Waals surface area contributed by atoms with Gasteiger partial charge in [0.2, 0.25) is 0 Å². The van der Waals surface area contributed by atoms with E-state index in [4.69, 9.17) is 12.2 Å². The fourth-order valence-corrected chi connectivity index (χ4v) is 4.20. The van der Waals surface area contributed by atoms with E-state index in [-0.39, 0.29) is 10.7 Å². The van der Waals surface area contributed by atoms with Crippen molar-refractivity contribution >= 4 is 58.4 Å². The first-order valence-corrected chi connectivity index (χ1v) is 8.78. The molecule has 0 saturated carbocycles. The number of thiocarbonyl (C=S) groups is 1. The number of anilines is 2. The molecule has 2 aliphatic rings. The number of benzene rings is 2. The van der Waals surface area contributed by atoms with Crippen molar-refractivity contribution in [1.29, 1.82) is 0 Å². The maximum absolute atomic E-state index is 12.0. The van der Waals surface area contributed by atoms with E-state index < -0.39 is 11.8 Å². The van der Waals surface area contributed by atoms with Crippen molar-refractivity contribution in [3.8, 4) is 0 Å². The Hall–Kier alpha value is -2.64. The van der Waals surface area contributed by atoms with Crippen molar-refractivity contribution in [1.82, 2.24) is 10.6 Å². The largest absolute Gasteiger partial charge is 0.343 e. The predicted molar refractivity (Wildman–Crippen MR) is 102 cm³/mol. The van der Waals surface area contributed by atoms with Gasteiger partial charge in [-0.2, -0.15) is 0 Å². The molecule has 2 amide bonds. The van der Waals surface area contributed by atoms with E-state index in [9.17, 15) is 9.59 Å². The molecule has 0 radical (unpaired) electrons. The van der Waals surface area contributed by atoms with Crippen LogP contribution in [0.25, 0.3) is 6.08 Å². The van der Waals surface area contributed by atoms with Crippen LogP contribution in [-0.4, -0.2) is 24.0 Å². The molecule has 1 fully saturated rings. The summed E-state index contributed by atoms with van der Waals surface area (Å²) in [6.07, 6.45) is 1.58. The van der Waals surface area contributed by atoms with Gasteiger partial charge >= 0.3 is 0 Å². The van der Waals surface area contributed by atoms with Gasteiger partial charge in [-0.25, -0.2) is 0 Å². The normalized spacial score (nSPS) is 16.0. The van der Waals surface area contributed by atoms with Gasteiger partial charge in [0.25, 0.3) is 11.8 Å². The number of para-hydroxylation sites is 1. The van der Waals surface area contributed by atoms with Crippen LogP contribution in [-0.2, 0) is 9.59 Å². The van der Waals surface area contributed by atoms with Crippen LogP contribution in [0.1, 0.15) is 5.56 Å². The first kappa shape index (κ1) is 15.9. The highest BCUT2D eigenvalue weighted by Gasteiger charge is 2.26. The quantitative estimate of drug-likeness (QED) is 0.461. The minimum Gasteiger partial charge on any atom is -0.343 e. The lowest BCUT2D eigenvalue weighted by Crippen LogP contribution is -2.51. The van der Waals surface area contributed by atoms with Crippen molar-refractivity contribution in [3.63, 3.8) is 0 Å². The SMILES string of the molecule is CN1c2ccccc2Sc2cc(C=C3C(=O)NC(=S)NC3=O)ccc21. The summed E-state index contributed by atoms with van der Waals surface area (Å²) in [5.41, 5.74) is 3.07. The molecule has 1 saturated heterocycles. The van der Waals surface area contributed by atoms with Gasteiger partial charge in [0, 0.05) is 16.8 Å². The summed E-state index contributed by atoms with van der Waals surface area (Å²) in [5.74, 6) is -0.969. The number of carbonyl (C=O) groups excluding carboxylic acids is 2. The molecule has 2 heterocycles. The first-order chi connectivity index (χ1) is 12.0. The summed E-state index contributed by atoms with van der Waals surface area (Å²) < 4.78 is 0. The summed E-state index contributed by atoms with van der Waals surface area (Å²) in [6.45, 7) is 0. The molecule has 0 atom stereocenters. The van der Waals surface area contributed by atoms with Crippen molar-refractivity contribution in [2.45, 2.75) is 9.79 Å². The Labute approximate surface area is 154 Å². The molecule has 0 aliphatic carbocycles. The molecular formula is C18H13N3O2S2. The fourth-order valence-electron chi connectivity index (χ4n) is 2.82. The van der Waals surface area contributed by atoms with Crippen LogP contribution in [0.3, 0.4) is 0 Å². The molecule has 2 aliphatic heterocycles. The first-order valence-electron chi connectivity index (χ1n) is 7.56. The van der Waals surface area contributed by atoms with E-state index in [0.717, 1.165) is 21.8 Å². The van der Waals surface area contributed by atoms with Crippen molar-refractivity contribution < 1.29 is 9.59 Å². The molecule has 5 nitrogen and oxygen atoms in total. The van der Waals surface area contributed by atoms with Gasteiger partial charge in [-0.15, -0.1) is 0 Å². The highest BCUT2D eigenvalue weighted by atomic mass is 32.2. The van der Waals surface area contributed by atoms with Crippen LogP contribution in [0.2, 0.25) is 0 Å². The van der Waals surface area contributed by atoms with Crippen LogP contribution in [0, 0.1) is 0 Å². The third-order valence-corrected chi connectivity index (χ3v) is 5.36. The Kier molecular flexibility index (Phi) is 3.82. The van der Waals surface area contributed by atoms with Crippen LogP contribution < -0.4 is 15.5 Å². The predicted octanol–water partition coefficient (Wildman–Crippen LogP) is 2.83. The number of carbonyl (C=O) groups is 2. The third-order valence-electron chi connectivity index (χ3n) is 4.05. The summed E-state index contributed by atoms with van der Waals surface area (Å²) >= 11 is 6.48. The Balaban J connectivity index is 1.71. The van der Waals surface area contributed by atoms with E-state index in [1.807, 2.05) is 37.4 Å². The van der Waals surface area contributed by atoms with Crippen LogP contribution in [0.5, 0.6) is 0 Å². The van der Waals surface area contributed by atoms with E-state index in [2.05, 4.69) is 27.7 Å². The monoisotopic (exact) mass is 367 g/mol. The number of fused-ring (bicyclic) bond motifs is 2. The molecule has 0 unspecified atom stereocenters. The zero-order valence-electron chi connectivity index (χ0n) is 13.2. The van der Waals surface area contributed by atoms with Gasteiger partial charge in [-0.05, 0) is 48.1 Å². The number of amides is 2. The zero-order valence-corrected chi connectivity index (χ0v) is 14.8. The average molecular weight is 367 g/mol. The van der Waals surface area contributed by atoms with Crippen LogP contribution in [0.4, 0.5) is 11.4 Å². The van der Waals surface area contributed by atoms with Crippen molar-refractivity contribution in [2.75, 3.05) is 11.9 Å². The van der Waals surface area contributed by atoms with Gasteiger partial charge in [0.1, 0.15) is 5.57 Å². The van der Waals surface area contributed by atoms with Gasteiger partial charge < -0.3 is 4.90 Å². The zero-order chi connectivity index (χ0) is 17.6. The fraction of sp³-hybridized carbons (Fsp3) is 0.0556. The Bertz CT molecular complexity index is 947. The highest BCUT2D eigenvalue weighted by Crippen LogP contribution is 2.47. The van der Waals surface area contributed by atoms with E-state index >= 15 is 0 Å². The summed E-state index contributed by atoms with van der Waals surface area (Å²) in [5, 5.41) is 4.92. The minimum atomic E-state index is -0.485. The molecular weight excluding hydrogens is 354 g/mol. The summed E-state index contributed by atoms with van der Waals surface area (Å²) in [7, 11) is 2.03. The topological polar surface area (TPSA) is 61.4 Å². The second-order valence-corrected chi connectivity index (χ2v) is 7.14. The molecule has 7 heteroatoms. The molecule has 2 N–H and O–H groups in total. The summed E-state index contributed by atoms with van der Waals surface area (Å²) in [4.78, 5) is 28.3. The van der Waals surface area contributed by atoms with Gasteiger partial charge in [0.05, 0.1) is 11.4 Å².